The van der Waals surface area contributed by atoms with Gasteiger partial charge in [0.05, 0.1) is 5.69 Å². The van der Waals surface area contributed by atoms with Crippen LogP contribution in [0.5, 0.6) is 0 Å². The Labute approximate surface area is 145 Å². The highest BCUT2D eigenvalue weighted by atomic mass is 32.1. The zero-order valence-electron chi connectivity index (χ0n) is 13.1. The number of rotatable bonds is 3. The van der Waals surface area contributed by atoms with Gasteiger partial charge in [-0.1, -0.05) is 35.5 Å². The third-order valence-electron chi connectivity index (χ3n) is 3.63. The number of thiazole rings is 1. The molecule has 0 bridgehead atoms. The Morgan fingerprint density at radius 1 is 1.28 bits per heavy atom. The van der Waals surface area contributed by atoms with Gasteiger partial charge in [-0.15, -0.1) is 11.3 Å². The lowest BCUT2D eigenvalue weighted by Crippen LogP contribution is -2.26. The lowest BCUT2D eigenvalue weighted by Gasteiger charge is -2.04. The Morgan fingerprint density at radius 3 is 2.80 bits per heavy atom. The number of carbonyl (C=O) groups is 1. The predicted octanol–water partition coefficient (Wildman–Crippen LogP) is 2.97. The van der Waals surface area contributed by atoms with Crippen molar-refractivity contribution in [1.29, 1.82) is 0 Å². The molecule has 0 radical (unpaired) electrons. The highest BCUT2D eigenvalue weighted by Crippen LogP contribution is 2.23. The Balaban J connectivity index is 1.79. The van der Waals surface area contributed by atoms with Gasteiger partial charge >= 0.3 is 0 Å². The summed E-state index contributed by atoms with van der Waals surface area (Å²) in [6.45, 7) is 1.71. The molecule has 0 aliphatic rings. The van der Waals surface area contributed by atoms with Crippen molar-refractivity contribution < 1.29 is 9.32 Å². The van der Waals surface area contributed by atoms with Crippen molar-refractivity contribution in [2.24, 2.45) is 0 Å². The number of benzene rings is 1. The van der Waals surface area contributed by atoms with Gasteiger partial charge in [-0.3, -0.25) is 14.0 Å². The van der Waals surface area contributed by atoms with E-state index in [1.165, 1.54) is 21.9 Å². The van der Waals surface area contributed by atoms with E-state index in [9.17, 15) is 9.59 Å². The normalized spacial score (nSPS) is 10.9. The molecule has 0 unspecified atom stereocenters. The van der Waals surface area contributed by atoms with Crippen molar-refractivity contribution in [3.63, 3.8) is 0 Å². The van der Waals surface area contributed by atoms with Crippen molar-refractivity contribution >= 4 is 28.0 Å². The van der Waals surface area contributed by atoms with E-state index in [0.717, 1.165) is 5.56 Å². The minimum Gasteiger partial charge on any atom is -0.360 e. The van der Waals surface area contributed by atoms with Crippen molar-refractivity contribution in [3.05, 3.63) is 69.7 Å². The Morgan fingerprint density at radius 2 is 2.08 bits per heavy atom. The number of anilines is 1. The van der Waals surface area contributed by atoms with Crippen molar-refractivity contribution in [2.75, 3.05) is 5.32 Å². The van der Waals surface area contributed by atoms with Crippen LogP contribution in [-0.4, -0.2) is 20.4 Å². The zero-order chi connectivity index (χ0) is 17.4. The topological polar surface area (TPSA) is 89.5 Å². The maximum atomic E-state index is 12.8. The van der Waals surface area contributed by atoms with Crippen LogP contribution in [0.3, 0.4) is 0 Å². The van der Waals surface area contributed by atoms with Crippen LogP contribution in [0.2, 0.25) is 0 Å². The van der Waals surface area contributed by atoms with Crippen LogP contribution in [0.4, 0.5) is 5.82 Å². The standard InChI is InChI=1S/C17H12N4O3S/c1-10-7-14(20-24-10)19-15(22)12-8-18-17-21(16(12)23)13(9-25-17)11-5-3-2-4-6-11/h2-9H,1H3,(H,19,20,22). The average Bonchev–Trinajstić information content (AvgIpc) is 3.22. The van der Waals surface area contributed by atoms with E-state index < -0.39 is 11.5 Å². The third kappa shape index (κ3) is 2.72. The van der Waals surface area contributed by atoms with E-state index in [1.54, 1.807) is 13.0 Å². The number of hydrogen-bond donors (Lipinski definition) is 1. The molecule has 0 spiro atoms. The van der Waals surface area contributed by atoms with Crippen LogP contribution in [-0.2, 0) is 0 Å². The molecule has 3 heterocycles. The van der Waals surface area contributed by atoms with Gasteiger partial charge in [0.1, 0.15) is 11.3 Å². The van der Waals surface area contributed by atoms with Gasteiger partial charge in [0.2, 0.25) is 0 Å². The predicted molar refractivity (Wildman–Crippen MR) is 94.0 cm³/mol. The molecule has 7 nitrogen and oxygen atoms in total. The molecule has 4 rings (SSSR count). The van der Waals surface area contributed by atoms with Gasteiger partial charge in [-0.05, 0) is 12.5 Å². The molecule has 8 heteroatoms. The summed E-state index contributed by atoms with van der Waals surface area (Å²) in [6.07, 6.45) is 1.28. The Hall–Kier alpha value is -3.26. The van der Waals surface area contributed by atoms with Gasteiger partial charge in [0.15, 0.2) is 10.8 Å². The van der Waals surface area contributed by atoms with E-state index in [0.29, 0.717) is 16.4 Å². The van der Waals surface area contributed by atoms with Crippen LogP contribution in [0.25, 0.3) is 16.2 Å². The third-order valence-corrected chi connectivity index (χ3v) is 4.47. The first kappa shape index (κ1) is 15.3. The van der Waals surface area contributed by atoms with Gasteiger partial charge in [0.25, 0.3) is 11.5 Å². The molecule has 0 aliphatic heterocycles. The molecule has 0 saturated carbocycles. The molecule has 1 N–H and O–H groups in total. The van der Waals surface area contributed by atoms with Gasteiger partial charge in [-0.25, -0.2) is 4.98 Å². The van der Waals surface area contributed by atoms with Crippen LogP contribution >= 0.6 is 11.3 Å². The van der Waals surface area contributed by atoms with E-state index in [2.05, 4.69) is 15.5 Å². The molecular formula is C17H12N4O3S. The van der Waals surface area contributed by atoms with E-state index in [4.69, 9.17) is 4.52 Å². The number of nitrogens with one attached hydrogen (secondary N) is 1. The molecule has 0 atom stereocenters. The molecule has 0 fully saturated rings. The maximum absolute atomic E-state index is 12.8. The average molecular weight is 352 g/mol. The first-order valence-electron chi connectivity index (χ1n) is 7.43. The first-order valence-corrected chi connectivity index (χ1v) is 8.31. The minimum atomic E-state index is -0.578. The lowest BCUT2D eigenvalue weighted by atomic mass is 10.2. The van der Waals surface area contributed by atoms with Gasteiger partial charge < -0.3 is 9.84 Å². The number of amides is 1. The summed E-state index contributed by atoms with van der Waals surface area (Å²) in [5, 5.41) is 8.09. The van der Waals surface area contributed by atoms with Gasteiger partial charge in [-0.2, -0.15) is 0 Å². The fraction of sp³-hybridized carbons (Fsp3) is 0.0588. The number of carbonyl (C=O) groups excluding carboxylic acids is 1. The van der Waals surface area contributed by atoms with E-state index in [1.807, 2.05) is 35.7 Å². The van der Waals surface area contributed by atoms with Crippen LogP contribution in [0.1, 0.15) is 16.1 Å². The number of fused-ring (bicyclic) bond motifs is 1. The number of aryl methyl sites for hydroxylation is 1. The minimum absolute atomic E-state index is 0.0614. The highest BCUT2D eigenvalue weighted by Gasteiger charge is 2.18. The summed E-state index contributed by atoms with van der Waals surface area (Å²) >= 11 is 1.34. The van der Waals surface area contributed by atoms with Crippen LogP contribution < -0.4 is 10.9 Å². The zero-order valence-corrected chi connectivity index (χ0v) is 13.9. The summed E-state index contributed by atoms with van der Waals surface area (Å²) < 4.78 is 6.35. The summed E-state index contributed by atoms with van der Waals surface area (Å²) in [7, 11) is 0. The van der Waals surface area contributed by atoms with E-state index in [-0.39, 0.29) is 11.4 Å². The van der Waals surface area contributed by atoms with Crippen LogP contribution in [0, 0.1) is 6.92 Å². The highest BCUT2D eigenvalue weighted by molar-refractivity contribution is 7.15. The Bertz CT molecular complexity index is 1130. The molecule has 0 saturated heterocycles. The van der Waals surface area contributed by atoms with E-state index >= 15 is 0 Å². The number of hydrogen-bond acceptors (Lipinski definition) is 6. The molecule has 4 aromatic rings. The molecule has 124 valence electrons. The second-order valence-electron chi connectivity index (χ2n) is 5.36. The van der Waals surface area contributed by atoms with Crippen molar-refractivity contribution in [2.45, 2.75) is 6.92 Å². The SMILES string of the molecule is Cc1cc(NC(=O)c2cnc3scc(-c4ccccc4)n3c2=O)no1. The quantitative estimate of drug-likeness (QED) is 0.612. The smallest absolute Gasteiger partial charge is 0.271 e. The Kier molecular flexibility index (Phi) is 3.66. The lowest BCUT2D eigenvalue weighted by molar-refractivity contribution is 0.102. The fourth-order valence-corrected chi connectivity index (χ4v) is 3.33. The molecule has 0 aliphatic carbocycles. The second-order valence-corrected chi connectivity index (χ2v) is 6.20. The summed E-state index contributed by atoms with van der Waals surface area (Å²) in [6, 6.07) is 11.1. The molecule has 1 amide bonds. The number of aromatic nitrogens is 3. The number of nitrogens with zero attached hydrogens (tertiary/aromatic N) is 3. The largest absolute Gasteiger partial charge is 0.360 e. The monoisotopic (exact) mass is 352 g/mol. The second kappa shape index (κ2) is 5.99. The summed E-state index contributed by atoms with van der Waals surface area (Å²) in [5.74, 6) is 0.232. The first-order chi connectivity index (χ1) is 12.1. The molecule has 3 aromatic heterocycles. The summed E-state index contributed by atoms with van der Waals surface area (Å²) in [4.78, 5) is 30.0. The van der Waals surface area contributed by atoms with Crippen LogP contribution in [0.15, 0.2) is 57.3 Å². The van der Waals surface area contributed by atoms with Crippen molar-refractivity contribution in [1.82, 2.24) is 14.5 Å². The molecule has 1 aromatic carbocycles. The van der Waals surface area contributed by atoms with Crippen molar-refractivity contribution in [3.8, 4) is 11.3 Å². The van der Waals surface area contributed by atoms with Gasteiger partial charge in [0, 0.05) is 17.6 Å². The molecule has 25 heavy (non-hydrogen) atoms. The molecular weight excluding hydrogens is 340 g/mol. The summed E-state index contributed by atoms with van der Waals surface area (Å²) in [5.41, 5.74) is 1.09. The fourth-order valence-electron chi connectivity index (χ4n) is 2.47. The maximum Gasteiger partial charge on any atom is 0.271 e.